The van der Waals surface area contributed by atoms with Gasteiger partial charge in [-0.3, -0.25) is 9.89 Å². The van der Waals surface area contributed by atoms with Crippen LogP contribution in [0.3, 0.4) is 0 Å². The Morgan fingerprint density at radius 3 is 2.94 bits per heavy atom. The van der Waals surface area contributed by atoms with E-state index in [1.54, 1.807) is 6.20 Å². The van der Waals surface area contributed by atoms with Gasteiger partial charge in [0.1, 0.15) is 0 Å². The highest BCUT2D eigenvalue weighted by atomic mass is 16.1. The molecule has 6 heteroatoms. The molecule has 1 saturated heterocycles. The Hall–Kier alpha value is -1.40. The van der Waals surface area contributed by atoms with Gasteiger partial charge in [-0.25, -0.2) is 0 Å². The van der Waals surface area contributed by atoms with Gasteiger partial charge in [0.15, 0.2) is 0 Å². The first-order valence-corrected chi connectivity index (χ1v) is 6.48. The topological polar surface area (TPSA) is 73.0 Å². The third-order valence-electron chi connectivity index (χ3n) is 3.22. The van der Waals surface area contributed by atoms with Crippen molar-refractivity contribution in [2.45, 2.75) is 13.3 Å². The molecule has 1 aromatic heterocycles. The number of aromatic nitrogens is 2. The maximum absolute atomic E-state index is 11.8. The van der Waals surface area contributed by atoms with Crippen LogP contribution in [0.4, 0.5) is 0 Å². The first-order valence-electron chi connectivity index (χ1n) is 6.48. The first-order chi connectivity index (χ1) is 8.77. The molecule has 1 aliphatic heterocycles. The average molecular weight is 251 g/mol. The van der Waals surface area contributed by atoms with Crippen LogP contribution in [0.1, 0.15) is 22.5 Å². The second-order valence-corrected chi connectivity index (χ2v) is 4.61. The number of carbonyl (C=O) groups excluding carboxylic acids is 1. The number of carbonyl (C=O) groups is 1. The SMILES string of the molecule is Cc1[nH]ncc1C(=O)NCCCN1CCNCC1. The highest BCUT2D eigenvalue weighted by molar-refractivity contribution is 5.94. The Morgan fingerprint density at radius 2 is 2.28 bits per heavy atom. The van der Waals surface area contributed by atoms with Crippen molar-refractivity contribution in [2.75, 3.05) is 39.3 Å². The van der Waals surface area contributed by atoms with Crippen LogP contribution < -0.4 is 10.6 Å². The maximum atomic E-state index is 11.8. The van der Waals surface area contributed by atoms with Gasteiger partial charge in [-0.2, -0.15) is 5.10 Å². The summed E-state index contributed by atoms with van der Waals surface area (Å²) >= 11 is 0. The van der Waals surface area contributed by atoms with E-state index in [0.717, 1.165) is 44.8 Å². The third kappa shape index (κ3) is 3.54. The fraction of sp³-hybridized carbons (Fsp3) is 0.667. The lowest BCUT2D eigenvalue weighted by Gasteiger charge is -2.27. The normalized spacial score (nSPS) is 16.7. The van der Waals surface area contributed by atoms with Crippen LogP contribution in [0.15, 0.2) is 6.20 Å². The monoisotopic (exact) mass is 251 g/mol. The smallest absolute Gasteiger partial charge is 0.254 e. The number of hydrogen-bond acceptors (Lipinski definition) is 4. The summed E-state index contributed by atoms with van der Waals surface area (Å²) in [6.07, 6.45) is 2.56. The average Bonchev–Trinajstić information content (AvgIpc) is 2.82. The third-order valence-corrected chi connectivity index (χ3v) is 3.22. The molecule has 2 rings (SSSR count). The molecule has 0 aromatic carbocycles. The van der Waals surface area contributed by atoms with Gasteiger partial charge in [-0.1, -0.05) is 0 Å². The molecule has 0 spiro atoms. The summed E-state index contributed by atoms with van der Waals surface area (Å²) in [4.78, 5) is 14.2. The number of hydrogen-bond donors (Lipinski definition) is 3. The molecule has 3 N–H and O–H groups in total. The van der Waals surface area contributed by atoms with Gasteiger partial charge in [0.2, 0.25) is 0 Å². The largest absolute Gasteiger partial charge is 0.352 e. The lowest BCUT2D eigenvalue weighted by Crippen LogP contribution is -2.44. The molecular formula is C12H21N5O. The Labute approximate surface area is 107 Å². The minimum Gasteiger partial charge on any atom is -0.352 e. The number of amides is 1. The van der Waals surface area contributed by atoms with Gasteiger partial charge in [0.05, 0.1) is 11.8 Å². The molecule has 0 atom stereocenters. The number of nitrogens with one attached hydrogen (secondary N) is 3. The van der Waals surface area contributed by atoms with Crippen LogP contribution in [0.25, 0.3) is 0 Å². The van der Waals surface area contributed by atoms with E-state index in [9.17, 15) is 4.79 Å². The summed E-state index contributed by atoms with van der Waals surface area (Å²) < 4.78 is 0. The number of aromatic amines is 1. The summed E-state index contributed by atoms with van der Waals surface area (Å²) in [6, 6.07) is 0. The molecule has 100 valence electrons. The standard InChI is InChI=1S/C12H21N5O/c1-10-11(9-15-16-10)12(18)14-3-2-6-17-7-4-13-5-8-17/h9,13H,2-8H2,1H3,(H,14,18)(H,15,16). The predicted molar refractivity (Wildman–Crippen MR) is 69.6 cm³/mol. The molecule has 0 radical (unpaired) electrons. The Morgan fingerprint density at radius 1 is 1.50 bits per heavy atom. The molecule has 2 heterocycles. The fourth-order valence-corrected chi connectivity index (χ4v) is 2.11. The summed E-state index contributed by atoms with van der Waals surface area (Å²) in [6.45, 7) is 7.97. The van der Waals surface area contributed by atoms with Crippen molar-refractivity contribution in [1.29, 1.82) is 0 Å². The van der Waals surface area contributed by atoms with Crippen LogP contribution in [-0.4, -0.2) is 60.3 Å². The maximum Gasteiger partial charge on any atom is 0.254 e. The number of nitrogens with zero attached hydrogens (tertiary/aromatic N) is 2. The highest BCUT2D eigenvalue weighted by Gasteiger charge is 2.11. The van der Waals surface area contributed by atoms with Crippen LogP contribution >= 0.6 is 0 Å². The number of H-pyrrole nitrogens is 1. The van der Waals surface area contributed by atoms with Crippen molar-refractivity contribution in [3.8, 4) is 0 Å². The van der Waals surface area contributed by atoms with Crippen molar-refractivity contribution in [2.24, 2.45) is 0 Å². The Kier molecular flexibility index (Phi) is 4.72. The van der Waals surface area contributed by atoms with Gasteiger partial charge < -0.3 is 15.5 Å². The molecular weight excluding hydrogens is 230 g/mol. The Bertz CT molecular complexity index is 384. The second-order valence-electron chi connectivity index (χ2n) is 4.61. The van der Waals surface area contributed by atoms with Gasteiger partial charge >= 0.3 is 0 Å². The lowest BCUT2D eigenvalue weighted by atomic mass is 10.2. The molecule has 6 nitrogen and oxygen atoms in total. The molecule has 0 bridgehead atoms. The van der Waals surface area contributed by atoms with Gasteiger partial charge in [-0.05, 0) is 19.9 Å². The molecule has 1 aromatic rings. The van der Waals surface area contributed by atoms with E-state index in [4.69, 9.17) is 0 Å². The summed E-state index contributed by atoms with van der Waals surface area (Å²) in [5.41, 5.74) is 1.45. The molecule has 0 unspecified atom stereocenters. The van der Waals surface area contributed by atoms with E-state index in [1.807, 2.05) is 6.92 Å². The van der Waals surface area contributed by atoms with E-state index in [1.165, 1.54) is 0 Å². The minimum absolute atomic E-state index is 0.0402. The van der Waals surface area contributed by atoms with Gasteiger partial charge in [0.25, 0.3) is 5.91 Å². The molecule has 0 saturated carbocycles. The predicted octanol–water partition coefficient (Wildman–Crippen LogP) is -0.257. The van der Waals surface area contributed by atoms with Crippen molar-refractivity contribution >= 4 is 5.91 Å². The fourth-order valence-electron chi connectivity index (χ4n) is 2.11. The zero-order chi connectivity index (χ0) is 12.8. The lowest BCUT2D eigenvalue weighted by molar-refractivity contribution is 0.0950. The highest BCUT2D eigenvalue weighted by Crippen LogP contribution is 2.01. The second kappa shape index (κ2) is 6.51. The quantitative estimate of drug-likeness (QED) is 0.631. The number of aryl methyl sites for hydroxylation is 1. The van der Waals surface area contributed by atoms with E-state index in [-0.39, 0.29) is 5.91 Å². The summed E-state index contributed by atoms with van der Waals surface area (Å²) in [7, 11) is 0. The van der Waals surface area contributed by atoms with E-state index >= 15 is 0 Å². The van der Waals surface area contributed by atoms with Crippen LogP contribution in [-0.2, 0) is 0 Å². The van der Waals surface area contributed by atoms with Crippen LogP contribution in [0.5, 0.6) is 0 Å². The Balaban J connectivity index is 1.63. The van der Waals surface area contributed by atoms with Crippen molar-refractivity contribution in [3.05, 3.63) is 17.5 Å². The zero-order valence-electron chi connectivity index (χ0n) is 10.8. The molecule has 1 aliphatic rings. The summed E-state index contributed by atoms with van der Waals surface area (Å²) in [5.74, 6) is -0.0402. The van der Waals surface area contributed by atoms with Crippen molar-refractivity contribution in [3.63, 3.8) is 0 Å². The molecule has 18 heavy (non-hydrogen) atoms. The van der Waals surface area contributed by atoms with E-state index < -0.39 is 0 Å². The number of piperazine rings is 1. The number of rotatable bonds is 5. The van der Waals surface area contributed by atoms with Gasteiger partial charge in [0, 0.05) is 38.4 Å². The summed E-state index contributed by atoms with van der Waals surface area (Å²) in [5, 5.41) is 12.9. The minimum atomic E-state index is -0.0402. The van der Waals surface area contributed by atoms with Crippen molar-refractivity contribution < 1.29 is 4.79 Å². The first kappa shape index (κ1) is 13.0. The van der Waals surface area contributed by atoms with Gasteiger partial charge in [-0.15, -0.1) is 0 Å². The zero-order valence-corrected chi connectivity index (χ0v) is 10.8. The van der Waals surface area contributed by atoms with Crippen LogP contribution in [0.2, 0.25) is 0 Å². The molecule has 0 aliphatic carbocycles. The van der Waals surface area contributed by atoms with Crippen LogP contribution in [0, 0.1) is 6.92 Å². The molecule has 1 amide bonds. The molecule has 1 fully saturated rings. The van der Waals surface area contributed by atoms with E-state index in [0.29, 0.717) is 12.1 Å². The van der Waals surface area contributed by atoms with E-state index in [2.05, 4.69) is 25.7 Å². The van der Waals surface area contributed by atoms with Crippen molar-refractivity contribution in [1.82, 2.24) is 25.7 Å².